The van der Waals surface area contributed by atoms with E-state index in [1.54, 1.807) is 0 Å². The molecule has 1 heterocycles. The van der Waals surface area contributed by atoms with Gasteiger partial charge >= 0.3 is 6.18 Å². The molecule has 7 heteroatoms. The fraction of sp³-hybridized carbons (Fsp3) is 1.00. The monoisotopic (exact) mass is 285 g/mol. The number of hydrogen-bond acceptors (Lipinski definition) is 3. The summed E-state index contributed by atoms with van der Waals surface area (Å²) in [7, 11) is -3.22. The van der Waals surface area contributed by atoms with E-state index in [9.17, 15) is 21.6 Å². The summed E-state index contributed by atoms with van der Waals surface area (Å²) in [5.41, 5.74) is 0. The van der Waals surface area contributed by atoms with Gasteiger partial charge in [-0.25, -0.2) is 8.42 Å². The van der Waals surface area contributed by atoms with E-state index in [1.165, 1.54) is 0 Å². The molecule has 0 unspecified atom stereocenters. The van der Waals surface area contributed by atoms with Crippen molar-refractivity contribution in [3.8, 4) is 0 Å². The van der Waals surface area contributed by atoms with Crippen LogP contribution in [0.1, 0.15) is 32.1 Å². The van der Waals surface area contributed by atoms with E-state index in [1.807, 2.05) is 0 Å². The van der Waals surface area contributed by atoms with Crippen LogP contribution in [-0.4, -0.2) is 49.6 Å². The van der Waals surface area contributed by atoms with Gasteiger partial charge in [0.2, 0.25) is 0 Å². The van der Waals surface area contributed by atoms with Gasteiger partial charge in [-0.05, 0) is 12.8 Å². The molecule has 0 spiro atoms. The zero-order chi connectivity index (χ0) is 13.4. The first kappa shape index (κ1) is 14.1. The van der Waals surface area contributed by atoms with Crippen molar-refractivity contribution in [2.24, 2.45) is 0 Å². The van der Waals surface area contributed by atoms with Crippen molar-refractivity contribution in [3.05, 3.63) is 0 Å². The molecule has 0 aromatic heterocycles. The Morgan fingerprint density at radius 3 is 2.06 bits per heavy atom. The quantitative estimate of drug-likeness (QED) is 0.795. The van der Waals surface area contributed by atoms with Crippen molar-refractivity contribution >= 4 is 9.84 Å². The van der Waals surface area contributed by atoms with Gasteiger partial charge in [0.15, 0.2) is 9.84 Å². The van der Waals surface area contributed by atoms with Crippen LogP contribution in [0.25, 0.3) is 0 Å². The summed E-state index contributed by atoms with van der Waals surface area (Å²) in [5, 5.41) is -0.896. The Bertz CT molecular complexity index is 382. The van der Waals surface area contributed by atoms with Crippen LogP contribution in [0.4, 0.5) is 13.2 Å². The number of halogens is 3. The highest BCUT2D eigenvalue weighted by Gasteiger charge is 2.44. The fourth-order valence-electron chi connectivity index (χ4n) is 2.78. The molecule has 0 atom stereocenters. The van der Waals surface area contributed by atoms with Gasteiger partial charge in [-0.2, -0.15) is 13.2 Å². The summed E-state index contributed by atoms with van der Waals surface area (Å²) in [4.78, 5) is 1.16. The van der Waals surface area contributed by atoms with Gasteiger partial charge in [0.25, 0.3) is 0 Å². The van der Waals surface area contributed by atoms with Gasteiger partial charge < -0.3 is 0 Å². The zero-order valence-corrected chi connectivity index (χ0v) is 10.9. The first-order valence-electron chi connectivity index (χ1n) is 6.31. The van der Waals surface area contributed by atoms with Crippen LogP contribution in [-0.2, 0) is 9.84 Å². The van der Waals surface area contributed by atoms with Crippen molar-refractivity contribution in [2.45, 2.75) is 48.8 Å². The number of alkyl halides is 3. The van der Waals surface area contributed by atoms with Gasteiger partial charge in [-0.3, -0.25) is 4.90 Å². The van der Waals surface area contributed by atoms with Crippen LogP contribution in [0.5, 0.6) is 0 Å². The number of sulfone groups is 1. The van der Waals surface area contributed by atoms with Crippen molar-refractivity contribution in [1.82, 2.24) is 4.90 Å². The van der Waals surface area contributed by atoms with Crippen LogP contribution < -0.4 is 0 Å². The number of nitrogens with zero attached hydrogens (tertiary/aromatic N) is 1. The molecule has 3 nitrogen and oxygen atoms in total. The van der Waals surface area contributed by atoms with Gasteiger partial charge in [-0.1, -0.05) is 19.3 Å². The molecule has 1 aliphatic carbocycles. The second kappa shape index (κ2) is 5.00. The molecule has 1 saturated heterocycles. The molecule has 0 amide bonds. The van der Waals surface area contributed by atoms with Gasteiger partial charge in [0.1, 0.15) is 0 Å². The Kier molecular flexibility index (Phi) is 3.92. The lowest BCUT2D eigenvalue weighted by Gasteiger charge is -2.41. The van der Waals surface area contributed by atoms with Crippen LogP contribution >= 0.6 is 0 Å². The van der Waals surface area contributed by atoms with E-state index in [-0.39, 0.29) is 18.3 Å². The first-order chi connectivity index (χ1) is 8.29. The van der Waals surface area contributed by atoms with Crippen LogP contribution in [0, 0.1) is 0 Å². The largest absolute Gasteiger partial charge is 0.401 e. The molecule has 18 heavy (non-hydrogen) atoms. The van der Waals surface area contributed by atoms with Crippen molar-refractivity contribution in [1.29, 1.82) is 0 Å². The van der Waals surface area contributed by atoms with Crippen LogP contribution in [0.3, 0.4) is 0 Å². The minimum atomic E-state index is -4.24. The molecular weight excluding hydrogens is 267 g/mol. The maximum atomic E-state index is 12.2. The average molecular weight is 285 g/mol. The van der Waals surface area contributed by atoms with E-state index < -0.39 is 27.8 Å². The minimum absolute atomic E-state index is 0.0400. The molecule has 0 bridgehead atoms. The maximum absolute atomic E-state index is 12.2. The van der Waals surface area contributed by atoms with E-state index in [2.05, 4.69) is 0 Å². The highest BCUT2D eigenvalue weighted by atomic mass is 32.2. The summed E-state index contributed by atoms with van der Waals surface area (Å²) in [6.07, 6.45) is 0.0262. The lowest BCUT2D eigenvalue weighted by molar-refractivity contribution is -0.152. The summed E-state index contributed by atoms with van der Waals surface area (Å²) in [6, 6.07) is 0. The predicted molar refractivity (Wildman–Crippen MR) is 62.1 cm³/mol. The maximum Gasteiger partial charge on any atom is 0.401 e. The molecule has 0 N–H and O–H groups in total. The minimum Gasteiger partial charge on any atom is -0.292 e. The topological polar surface area (TPSA) is 37.4 Å². The Morgan fingerprint density at radius 2 is 1.56 bits per heavy atom. The van der Waals surface area contributed by atoms with Crippen LogP contribution in [0.2, 0.25) is 0 Å². The average Bonchev–Trinajstić information content (AvgIpc) is 2.22. The molecular formula is C11H18F3NO2S. The lowest BCUT2D eigenvalue weighted by atomic mass is 10.0. The van der Waals surface area contributed by atoms with Crippen molar-refractivity contribution in [2.75, 3.05) is 19.6 Å². The zero-order valence-electron chi connectivity index (χ0n) is 10.1. The number of hydrogen-bond donors (Lipinski definition) is 0. The van der Waals surface area contributed by atoms with Crippen LogP contribution in [0.15, 0.2) is 0 Å². The molecule has 2 fully saturated rings. The second-order valence-corrected chi connectivity index (χ2v) is 7.79. The number of likely N-dealkylation sites (tertiary alicyclic amines) is 1. The highest BCUT2D eigenvalue weighted by Crippen LogP contribution is 2.30. The molecule has 2 aliphatic rings. The third-order valence-electron chi connectivity index (χ3n) is 3.81. The van der Waals surface area contributed by atoms with Crippen molar-refractivity contribution < 1.29 is 21.6 Å². The lowest BCUT2D eigenvalue weighted by Crippen LogP contribution is -2.58. The Balaban J connectivity index is 1.86. The molecule has 1 aliphatic heterocycles. The van der Waals surface area contributed by atoms with Gasteiger partial charge in [-0.15, -0.1) is 0 Å². The highest BCUT2D eigenvalue weighted by molar-refractivity contribution is 7.92. The van der Waals surface area contributed by atoms with E-state index in [0.29, 0.717) is 12.8 Å². The molecule has 0 radical (unpaired) electrons. The molecule has 0 aromatic rings. The summed E-state index contributed by atoms with van der Waals surface area (Å²) >= 11 is 0. The third-order valence-corrected chi connectivity index (χ3v) is 6.44. The van der Waals surface area contributed by atoms with E-state index in [4.69, 9.17) is 0 Å². The smallest absolute Gasteiger partial charge is 0.292 e. The second-order valence-electron chi connectivity index (χ2n) is 5.28. The molecule has 106 valence electrons. The Hall–Kier alpha value is -0.300. The normalized spacial score (nSPS) is 25.1. The van der Waals surface area contributed by atoms with E-state index in [0.717, 1.165) is 24.2 Å². The molecule has 2 rings (SSSR count). The fourth-order valence-corrected chi connectivity index (χ4v) is 5.15. The van der Waals surface area contributed by atoms with Gasteiger partial charge in [0.05, 0.1) is 17.0 Å². The molecule has 1 saturated carbocycles. The Morgan fingerprint density at radius 1 is 1.00 bits per heavy atom. The summed E-state index contributed by atoms with van der Waals surface area (Å²) in [5.74, 6) is 0. The SMILES string of the molecule is O=S(=O)(C1CCCCC1)C1CN(CC(F)(F)F)C1. The predicted octanol–water partition coefficient (Wildman–Crippen LogP) is 1.98. The summed E-state index contributed by atoms with van der Waals surface area (Å²) < 4.78 is 60.7. The van der Waals surface area contributed by atoms with E-state index >= 15 is 0 Å². The van der Waals surface area contributed by atoms with Crippen molar-refractivity contribution in [3.63, 3.8) is 0 Å². The summed E-state index contributed by atoms with van der Waals surface area (Å²) in [6.45, 7) is -0.916. The first-order valence-corrected chi connectivity index (χ1v) is 7.92. The number of rotatable bonds is 3. The van der Waals surface area contributed by atoms with Gasteiger partial charge in [0, 0.05) is 13.1 Å². The Labute approximate surface area is 105 Å². The standard InChI is InChI=1S/C11H18F3NO2S/c12-11(13,14)8-15-6-10(7-15)18(16,17)9-4-2-1-3-5-9/h9-10H,1-8H2. The third kappa shape index (κ3) is 3.17. The molecule has 0 aromatic carbocycles.